The van der Waals surface area contributed by atoms with Crippen molar-refractivity contribution in [3.8, 4) is 33.8 Å². The number of fused-ring (bicyclic) bond motifs is 2. The summed E-state index contributed by atoms with van der Waals surface area (Å²) in [4.78, 5) is 40.4. The summed E-state index contributed by atoms with van der Waals surface area (Å²) < 4.78 is 51.9. The molecule has 71 heavy (non-hydrogen) atoms. The third-order valence-corrected chi connectivity index (χ3v) is 11.7. The highest BCUT2D eigenvalue weighted by atomic mass is 19.1. The van der Waals surface area contributed by atoms with Gasteiger partial charge < -0.3 is 40.2 Å². The van der Waals surface area contributed by atoms with E-state index in [1.807, 2.05) is 78.9 Å². The number of carboxylic acids is 1. The Balaban J connectivity index is 0.000000197. The summed E-state index contributed by atoms with van der Waals surface area (Å²) in [6, 6.07) is 40.2. The summed E-state index contributed by atoms with van der Waals surface area (Å²) in [6.45, 7) is 2.18. The molecule has 1 amide bonds. The number of Topliss-reactive ketones (excluding diaryl/α,β-unsaturated/α-hetero) is 1. The number of ketones is 1. The van der Waals surface area contributed by atoms with Crippen LogP contribution in [0.2, 0.25) is 0 Å². The number of hydrogen-bond acceptors (Lipinski definition) is 10. The van der Waals surface area contributed by atoms with Crippen LogP contribution in [0.5, 0.6) is 11.5 Å². The molecule has 0 aliphatic carbocycles. The van der Waals surface area contributed by atoms with Crippen LogP contribution in [-0.2, 0) is 53.5 Å². The molecule has 6 aromatic carbocycles. The maximum absolute atomic E-state index is 14.9. The molecule has 1 atom stereocenters. The molecule has 14 heteroatoms. The van der Waals surface area contributed by atoms with Gasteiger partial charge in [-0.05, 0) is 114 Å². The van der Waals surface area contributed by atoms with Gasteiger partial charge in [-0.3, -0.25) is 14.6 Å². The number of rotatable bonds is 18. The topological polar surface area (TPSA) is 193 Å². The largest absolute Gasteiger partial charge is 0.489 e. The molecule has 3 aromatic heterocycles. The van der Waals surface area contributed by atoms with Gasteiger partial charge in [-0.1, -0.05) is 66.7 Å². The maximum atomic E-state index is 14.9. The van der Waals surface area contributed by atoms with E-state index in [1.165, 1.54) is 37.6 Å². The second kappa shape index (κ2) is 22.8. The average Bonchev–Trinajstić information content (AvgIpc) is 4.07. The summed E-state index contributed by atoms with van der Waals surface area (Å²) in [7, 11) is 0. The number of furan rings is 2. The standard InChI is InChI=1S/C33H30N2O5.C24H20F2N2O3/c34-20-23-9-6-10-25(17-23)28-19-24(18-26-15-16-39-32(26)28)21-40-29-12-5-4-11-27(29)31(33(37)38)35-30(36)14-13-22-7-2-1-3-8-22;1-14(29)8-17-11-18(25)2-3-22(17)31-13-15-9-16-5-7-30-24(16)20(10-15)19-4-6-28-21(12-27)23(19)26/h1-12,15-19,31H,13-14,20-21,34H2,(H,35,36)(H,37,38);2-7,9-11H,8,12-13,27H2,1H3. The second-order valence-electron chi connectivity index (χ2n) is 16.8. The van der Waals surface area contributed by atoms with Crippen molar-refractivity contribution in [2.45, 2.75) is 58.5 Å². The van der Waals surface area contributed by atoms with Crippen LogP contribution in [0.4, 0.5) is 8.78 Å². The van der Waals surface area contributed by atoms with Gasteiger partial charge in [-0.15, -0.1) is 0 Å². The fourth-order valence-corrected chi connectivity index (χ4v) is 8.25. The van der Waals surface area contributed by atoms with Crippen LogP contribution in [0, 0.1) is 11.6 Å². The summed E-state index contributed by atoms with van der Waals surface area (Å²) in [5, 5.41) is 14.4. The van der Waals surface area contributed by atoms with Crippen LogP contribution in [0.25, 0.3) is 44.2 Å². The highest BCUT2D eigenvalue weighted by Crippen LogP contribution is 2.35. The Hall–Kier alpha value is -8.46. The van der Waals surface area contributed by atoms with Gasteiger partial charge in [0.25, 0.3) is 0 Å². The minimum Gasteiger partial charge on any atom is -0.489 e. The zero-order valence-corrected chi connectivity index (χ0v) is 38.7. The molecule has 0 saturated carbocycles. The van der Waals surface area contributed by atoms with Crippen LogP contribution in [0.1, 0.15) is 58.5 Å². The van der Waals surface area contributed by atoms with Gasteiger partial charge in [-0.2, -0.15) is 0 Å². The molecule has 6 N–H and O–H groups in total. The molecule has 0 fully saturated rings. The lowest BCUT2D eigenvalue weighted by Crippen LogP contribution is -2.34. The quantitative estimate of drug-likeness (QED) is 0.0639. The van der Waals surface area contributed by atoms with E-state index in [0.29, 0.717) is 52.3 Å². The van der Waals surface area contributed by atoms with Crippen molar-refractivity contribution in [2.24, 2.45) is 11.5 Å². The van der Waals surface area contributed by atoms with Gasteiger partial charge in [0.1, 0.15) is 47.5 Å². The lowest BCUT2D eigenvalue weighted by atomic mass is 9.99. The minimum absolute atomic E-state index is 0.0206. The van der Waals surface area contributed by atoms with Crippen LogP contribution in [0.15, 0.2) is 167 Å². The second-order valence-corrected chi connectivity index (χ2v) is 16.8. The number of ether oxygens (including phenoxy) is 2. The SMILES string of the molecule is CC(=O)Cc1cc(F)ccc1OCc1cc(-c2ccnc(CN)c2F)c2occc2c1.NCc1cccc(-c2cc(COc3ccccc3C(NC(=O)CCc3ccccc3)C(=O)O)cc3ccoc23)c1. The molecule has 0 spiro atoms. The molecule has 3 heterocycles. The van der Waals surface area contributed by atoms with Crippen LogP contribution in [-0.4, -0.2) is 27.8 Å². The van der Waals surface area contributed by atoms with E-state index in [2.05, 4.69) is 10.3 Å². The first-order valence-corrected chi connectivity index (χ1v) is 22.8. The lowest BCUT2D eigenvalue weighted by molar-refractivity contribution is -0.142. The number of hydrogen-bond donors (Lipinski definition) is 4. The van der Waals surface area contributed by atoms with Gasteiger partial charge in [0.05, 0.1) is 18.2 Å². The fourth-order valence-electron chi connectivity index (χ4n) is 8.25. The third-order valence-electron chi connectivity index (χ3n) is 11.7. The van der Waals surface area contributed by atoms with Crippen LogP contribution >= 0.6 is 0 Å². The molecule has 9 aromatic rings. The van der Waals surface area contributed by atoms with Crippen molar-refractivity contribution >= 4 is 39.6 Å². The smallest absolute Gasteiger partial charge is 0.331 e. The number of carbonyl (C=O) groups is 3. The highest BCUT2D eigenvalue weighted by Gasteiger charge is 2.26. The number of halogens is 2. The van der Waals surface area contributed by atoms with Crippen molar-refractivity contribution < 1.29 is 46.6 Å². The zero-order chi connectivity index (χ0) is 49.9. The summed E-state index contributed by atoms with van der Waals surface area (Å²) >= 11 is 0. The fraction of sp³-hybridized carbons (Fsp3) is 0.158. The number of nitrogens with zero attached hydrogens (tertiary/aromatic N) is 1. The van der Waals surface area contributed by atoms with Gasteiger partial charge in [0.2, 0.25) is 5.91 Å². The molecule has 0 aliphatic heterocycles. The van der Waals surface area contributed by atoms with Crippen molar-refractivity contribution in [3.63, 3.8) is 0 Å². The predicted octanol–water partition coefficient (Wildman–Crippen LogP) is 11.0. The van der Waals surface area contributed by atoms with E-state index in [4.69, 9.17) is 29.8 Å². The molecule has 0 aliphatic rings. The number of benzene rings is 6. The van der Waals surface area contributed by atoms with Crippen molar-refractivity contribution in [1.29, 1.82) is 0 Å². The molecule has 0 saturated heterocycles. The van der Waals surface area contributed by atoms with E-state index >= 15 is 0 Å². The van der Waals surface area contributed by atoms with E-state index < -0.39 is 23.6 Å². The predicted molar refractivity (Wildman–Crippen MR) is 266 cm³/mol. The van der Waals surface area contributed by atoms with Gasteiger partial charge in [0.15, 0.2) is 11.9 Å². The van der Waals surface area contributed by atoms with E-state index in [9.17, 15) is 28.3 Å². The first kappa shape index (κ1) is 49.0. The van der Waals surface area contributed by atoms with Crippen LogP contribution in [0.3, 0.4) is 0 Å². The summed E-state index contributed by atoms with van der Waals surface area (Å²) in [5.41, 5.74) is 20.2. The Morgan fingerprint density at radius 1 is 0.676 bits per heavy atom. The zero-order valence-electron chi connectivity index (χ0n) is 38.7. The Morgan fingerprint density at radius 2 is 1.34 bits per heavy atom. The summed E-state index contributed by atoms with van der Waals surface area (Å²) in [6.07, 6.45) is 5.46. The molecular weight excluding hydrogens is 907 g/mol. The van der Waals surface area contributed by atoms with Crippen molar-refractivity contribution in [1.82, 2.24) is 10.3 Å². The monoisotopic (exact) mass is 956 g/mol. The Bertz CT molecular complexity index is 3330. The molecule has 0 radical (unpaired) electrons. The summed E-state index contributed by atoms with van der Waals surface area (Å²) in [5.74, 6) is -1.73. The maximum Gasteiger partial charge on any atom is 0.331 e. The molecule has 1 unspecified atom stereocenters. The van der Waals surface area contributed by atoms with Gasteiger partial charge in [-0.25, -0.2) is 13.6 Å². The number of nitrogens with two attached hydrogens (primary N) is 2. The molecule has 12 nitrogen and oxygen atoms in total. The first-order chi connectivity index (χ1) is 34.5. The Labute approximate surface area is 407 Å². The van der Waals surface area contributed by atoms with Crippen molar-refractivity contribution in [2.75, 3.05) is 0 Å². The van der Waals surface area contributed by atoms with Crippen LogP contribution < -0.4 is 26.3 Å². The van der Waals surface area contributed by atoms with Crippen molar-refractivity contribution in [3.05, 3.63) is 209 Å². The number of carbonyl (C=O) groups excluding carboxylic acids is 2. The highest BCUT2D eigenvalue weighted by molar-refractivity contribution is 5.94. The normalized spacial score (nSPS) is 11.5. The lowest BCUT2D eigenvalue weighted by Gasteiger charge is -2.19. The van der Waals surface area contributed by atoms with Gasteiger partial charge in [0, 0.05) is 70.7 Å². The average molecular weight is 957 g/mol. The van der Waals surface area contributed by atoms with E-state index in [0.717, 1.165) is 49.7 Å². The molecule has 360 valence electrons. The Morgan fingerprint density at radius 3 is 2.03 bits per heavy atom. The molecular formula is C57H50F2N4O8. The van der Waals surface area contributed by atoms with E-state index in [1.54, 1.807) is 48.7 Å². The molecule has 9 rings (SSSR count). The number of nitrogens with one attached hydrogen (secondary N) is 1. The number of aliphatic carboxylic acids is 1. The van der Waals surface area contributed by atoms with E-state index in [-0.39, 0.29) is 50.0 Å². The minimum atomic E-state index is -1.25. The number of carboxylic acid groups (broad SMARTS) is 1. The molecule has 0 bridgehead atoms. The number of aromatic nitrogens is 1. The number of pyridine rings is 1. The van der Waals surface area contributed by atoms with Gasteiger partial charge >= 0.3 is 5.97 Å². The third kappa shape index (κ3) is 12.1. The number of para-hydroxylation sites is 1. The first-order valence-electron chi connectivity index (χ1n) is 22.8. The number of amides is 1. The number of aryl methyl sites for hydroxylation is 1. The Kier molecular flexibility index (Phi) is 15.7.